The van der Waals surface area contributed by atoms with Gasteiger partial charge in [-0.05, 0) is 51.7 Å². The van der Waals surface area contributed by atoms with Gasteiger partial charge in [-0.25, -0.2) is 0 Å². The van der Waals surface area contributed by atoms with E-state index in [9.17, 15) is 0 Å². The zero-order valence-corrected chi connectivity index (χ0v) is 10.9. The summed E-state index contributed by atoms with van der Waals surface area (Å²) in [5.41, 5.74) is 1.90. The van der Waals surface area contributed by atoms with Crippen molar-refractivity contribution in [2.24, 2.45) is 0 Å². The molecule has 3 nitrogen and oxygen atoms in total. The van der Waals surface area contributed by atoms with Gasteiger partial charge in [-0.2, -0.15) is 5.26 Å². The number of nitrogens with one attached hydrogen (secondary N) is 1. The van der Waals surface area contributed by atoms with Gasteiger partial charge >= 0.3 is 0 Å². The minimum absolute atomic E-state index is 0.591. The fourth-order valence-electron chi connectivity index (χ4n) is 1.55. The fourth-order valence-corrected chi connectivity index (χ4v) is 1.55. The Kier molecular flexibility index (Phi) is 5.68. The van der Waals surface area contributed by atoms with E-state index in [1.54, 1.807) is 0 Å². The van der Waals surface area contributed by atoms with Crippen LogP contribution in [0.1, 0.15) is 24.5 Å². The molecule has 0 fully saturated rings. The topological polar surface area (TPSA) is 39.1 Å². The number of benzene rings is 1. The summed E-state index contributed by atoms with van der Waals surface area (Å²) < 4.78 is 0. The lowest BCUT2D eigenvalue weighted by molar-refractivity contribution is 0.295. The predicted octanol–water partition coefficient (Wildman–Crippen LogP) is 1.99. The van der Waals surface area contributed by atoms with Crippen LogP contribution < -0.4 is 5.32 Å². The first-order valence-electron chi connectivity index (χ1n) is 5.99. The fraction of sp³-hybridized carbons (Fsp3) is 0.500. The van der Waals surface area contributed by atoms with E-state index in [-0.39, 0.29) is 0 Å². The monoisotopic (exact) mass is 231 g/mol. The van der Waals surface area contributed by atoms with Crippen molar-refractivity contribution in [2.75, 3.05) is 20.6 Å². The number of hydrogen-bond donors (Lipinski definition) is 1. The van der Waals surface area contributed by atoms with Crippen LogP contribution in [0, 0.1) is 11.3 Å². The van der Waals surface area contributed by atoms with E-state index in [4.69, 9.17) is 5.26 Å². The third kappa shape index (κ3) is 4.99. The van der Waals surface area contributed by atoms with Crippen molar-refractivity contribution in [1.29, 1.82) is 5.26 Å². The van der Waals surface area contributed by atoms with E-state index in [0.29, 0.717) is 6.04 Å². The van der Waals surface area contributed by atoms with E-state index < -0.39 is 0 Å². The summed E-state index contributed by atoms with van der Waals surface area (Å²) in [6.07, 6.45) is 1.13. The van der Waals surface area contributed by atoms with Gasteiger partial charge in [0.1, 0.15) is 0 Å². The normalized spacial score (nSPS) is 12.4. The minimum atomic E-state index is 0.591. The highest BCUT2D eigenvalue weighted by atomic mass is 15.1. The summed E-state index contributed by atoms with van der Waals surface area (Å²) in [6, 6.07) is 10.5. The van der Waals surface area contributed by atoms with Gasteiger partial charge < -0.3 is 10.2 Å². The Bertz CT molecular complexity index is 379. The zero-order valence-electron chi connectivity index (χ0n) is 10.9. The summed E-state index contributed by atoms with van der Waals surface area (Å²) in [6.45, 7) is 4.05. The second-order valence-electron chi connectivity index (χ2n) is 4.59. The highest BCUT2D eigenvalue weighted by Gasteiger charge is 2.03. The molecule has 1 N–H and O–H groups in total. The third-order valence-corrected chi connectivity index (χ3v) is 3.01. The summed E-state index contributed by atoms with van der Waals surface area (Å²) in [5.74, 6) is 0. The maximum Gasteiger partial charge on any atom is 0.0991 e. The first kappa shape index (κ1) is 13.7. The van der Waals surface area contributed by atoms with Crippen molar-refractivity contribution in [1.82, 2.24) is 10.2 Å². The van der Waals surface area contributed by atoms with Crippen LogP contribution in [0.15, 0.2) is 24.3 Å². The van der Waals surface area contributed by atoms with Crippen LogP contribution in [-0.2, 0) is 6.54 Å². The molecule has 0 saturated carbocycles. The lowest BCUT2D eigenvalue weighted by atomic mass is 10.1. The van der Waals surface area contributed by atoms with Crippen molar-refractivity contribution in [3.05, 3.63) is 35.4 Å². The lowest BCUT2D eigenvalue weighted by Crippen LogP contribution is -2.28. The SMILES string of the molecule is CC(CCNCc1cccc(C#N)c1)N(C)C. The largest absolute Gasteiger partial charge is 0.313 e. The Morgan fingerprint density at radius 2 is 2.18 bits per heavy atom. The number of nitrogens with zero attached hydrogens (tertiary/aromatic N) is 2. The summed E-state index contributed by atoms with van der Waals surface area (Å²) >= 11 is 0. The van der Waals surface area contributed by atoms with Crippen LogP contribution >= 0.6 is 0 Å². The standard InChI is InChI=1S/C14H21N3/c1-12(17(2)3)7-8-16-11-14-6-4-5-13(9-14)10-15/h4-6,9,12,16H,7-8,11H2,1-3H3. The lowest BCUT2D eigenvalue weighted by Gasteiger charge is -2.19. The van der Waals surface area contributed by atoms with Gasteiger partial charge in [0.25, 0.3) is 0 Å². The van der Waals surface area contributed by atoms with Crippen molar-refractivity contribution in [3.63, 3.8) is 0 Å². The van der Waals surface area contributed by atoms with Crippen LogP contribution in [0.4, 0.5) is 0 Å². The van der Waals surface area contributed by atoms with Crippen LogP contribution in [0.3, 0.4) is 0 Å². The van der Waals surface area contributed by atoms with Gasteiger partial charge in [0.05, 0.1) is 11.6 Å². The molecule has 1 aromatic carbocycles. The second kappa shape index (κ2) is 7.05. The quantitative estimate of drug-likeness (QED) is 0.761. The van der Waals surface area contributed by atoms with E-state index >= 15 is 0 Å². The van der Waals surface area contributed by atoms with Crippen LogP contribution in [0.25, 0.3) is 0 Å². The molecule has 0 aromatic heterocycles. The van der Waals surface area contributed by atoms with Crippen molar-refractivity contribution in [3.8, 4) is 6.07 Å². The first-order valence-corrected chi connectivity index (χ1v) is 5.99. The van der Waals surface area contributed by atoms with Crippen molar-refractivity contribution >= 4 is 0 Å². The molecule has 17 heavy (non-hydrogen) atoms. The van der Waals surface area contributed by atoms with Gasteiger partial charge in [-0.1, -0.05) is 12.1 Å². The summed E-state index contributed by atoms with van der Waals surface area (Å²) in [7, 11) is 4.20. The molecule has 0 radical (unpaired) electrons. The van der Waals surface area contributed by atoms with Gasteiger partial charge in [0.15, 0.2) is 0 Å². The van der Waals surface area contributed by atoms with Crippen LogP contribution in [-0.4, -0.2) is 31.6 Å². The molecule has 0 aliphatic carbocycles. The molecule has 0 saturated heterocycles. The third-order valence-electron chi connectivity index (χ3n) is 3.01. The van der Waals surface area contributed by atoms with Gasteiger partial charge in [0.2, 0.25) is 0 Å². The highest BCUT2D eigenvalue weighted by Crippen LogP contribution is 2.04. The summed E-state index contributed by atoms with van der Waals surface area (Å²) in [5, 5.41) is 12.2. The molecule has 0 aliphatic heterocycles. The minimum Gasteiger partial charge on any atom is -0.313 e. The van der Waals surface area contributed by atoms with Crippen molar-refractivity contribution < 1.29 is 0 Å². The maximum absolute atomic E-state index is 8.79. The molecule has 1 atom stereocenters. The van der Waals surface area contributed by atoms with Gasteiger partial charge in [-0.15, -0.1) is 0 Å². The van der Waals surface area contributed by atoms with E-state index in [0.717, 1.165) is 25.1 Å². The Hall–Kier alpha value is -1.37. The molecular formula is C14H21N3. The molecule has 92 valence electrons. The highest BCUT2D eigenvalue weighted by molar-refractivity contribution is 5.32. The zero-order chi connectivity index (χ0) is 12.7. The number of nitriles is 1. The molecule has 0 spiro atoms. The van der Waals surface area contributed by atoms with E-state index in [2.05, 4.69) is 37.3 Å². The van der Waals surface area contributed by atoms with Gasteiger partial charge in [-0.3, -0.25) is 0 Å². The average Bonchev–Trinajstić information content (AvgIpc) is 2.34. The first-order chi connectivity index (χ1) is 8.13. The van der Waals surface area contributed by atoms with Crippen LogP contribution in [0.5, 0.6) is 0 Å². The Morgan fingerprint density at radius 3 is 2.82 bits per heavy atom. The molecular weight excluding hydrogens is 210 g/mol. The molecule has 0 amide bonds. The number of rotatable bonds is 6. The smallest absolute Gasteiger partial charge is 0.0991 e. The summed E-state index contributed by atoms with van der Waals surface area (Å²) in [4.78, 5) is 2.22. The Labute approximate surface area is 104 Å². The van der Waals surface area contributed by atoms with E-state index in [1.807, 2.05) is 24.3 Å². The molecule has 0 bridgehead atoms. The Balaban J connectivity index is 2.29. The maximum atomic E-state index is 8.79. The molecule has 0 heterocycles. The van der Waals surface area contributed by atoms with Crippen molar-refractivity contribution in [2.45, 2.75) is 25.9 Å². The van der Waals surface area contributed by atoms with E-state index in [1.165, 1.54) is 5.56 Å². The predicted molar refractivity (Wildman–Crippen MR) is 70.6 cm³/mol. The van der Waals surface area contributed by atoms with Crippen LogP contribution in [0.2, 0.25) is 0 Å². The average molecular weight is 231 g/mol. The second-order valence-corrected chi connectivity index (χ2v) is 4.59. The molecule has 1 aromatic rings. The molecule has 3 heteroatoms. The molecule has 0 aliphatic rings. The Morgan fingerprint density at radius 1 is 1.41 bits per heavy atom. The number of hydrogen-bond acceptors (Lipinski definition) is 3. The van der Waals surface area contributed by atoms with Gasteiger partial charge in [0, 0.05) is 12.6 Å². The molecule has 1 rings (SSSR count). The molecule has 1 unspecified atom stereocenters.